The van der Waals surface area contributed by atoms with E-state index >= 15 is 0 Å². The lowest BCUT2D eigenvalue weighted by Crippen LogP contribution is -2.09. The maximum absolute atomic E-state index is 13.0. The molecule has 0 fully saturated rings. The van der Waals surface area contributed by atoms with Crippen LogP contribution in [0, 0.1) is 5.82 Å². The van der Waals surface area contributed by atoms with Crippen LogP contribution in [0.3, 0.4) is 0 Å². The van der Waals surface area contributed by atoms with Crippen LogP contribution in [0.2, 0.25) is 0 Å². The summed E-state index contributed by atoms with van der Waals surface area (Å²) in [5.41, 5.74) is 8.66. The summed E-state index contributed by atoms with van der Waals surface area (Å²) < 4.78 is 13.0. The van der Waals surface area contributed by atoms with E-state index in [1.54, 1.807) is 23.9 Å². The van der Waals surface area contributed by atoms with E-state index in [9.17, 15) is 4.39 Å². The zero-order chi connectivity index (χ0) is 13.7. The molecule has 0 saturated heterocycles. The number of thiocarbonyl (C=S) groups is 1. The van der Waals surface area contributed by atoms with Gasteiger partial charge in [0.15, 0.2) is 0 Å². The van der Waals surface area contributed by atoms with Crippen LogP contribution >= 0.6 is 24.0 Å². The second-order valence-corrected chi connectivity index (χ2v) is 5.61. The largest absolute Gasteiger partial charge is 0.389 e. The van der Waals surface area contributed by atoms with Crippen LogP contribution in [0.1, 0.15) is 16.7 Å². The predicted octanol–water partition coefficient (Wildman–Crippen LogP) is 3.89. The maximum Gasteiger partial charge on any atom is 0.123 e. The van der Waals surface area contributed by atoms with Gasteiger partial charge in [-0.25, -0.2) is 4.39 Å². The lowest BCUT2D eigenvalue weighted by atomic mass is 10.1. The molecule has 0 unspecified atom stereocenters. The van der Waals surface area contributed by atoms with E-state index in [0.29, 0.717) is 4.99 Å². The molecule has 0 saturated carbocycles. The van der Waals surface area contributed by atoms with Gasteiger partial charge in [0.2, 0.25) is 0 Å². The number of halogens is 1. The molecule has 0 atom stereocenters. The molecule has 0 aliphatic heterocycles. The molecule has 2 aromatic carbocycles. The van der Waals surface area contributed by atoms with Crippen molar-refractivity contribution in [1.29, 1.82) is 0 Å². The van der Waals surface area contributed by atoms with Crippen molar-refractivity contribution in [2.45, 2.75) is 11.5 Å². The van der Waals surface area contributed by atoms with Gasteiger partial charge in [0.1, 0.15) is 10.8 Å². The fraction of sp³-hybridized carbons (Fsp3) is 0.133. The van der Waals surface area contributed by atoms with E-state index < -0.39 is 0 Å². The summed E-state index contributed by atoms with van der Waals surface area (Å²) >= 11 is 6.69. The molecular weight excluding hydrogens is 277 g/mol. The monoisotopic (exact) mass is 291 g/mol. The maximum atomic E-state index is 13.0. The molecule has 0 spiro atoms. The van der Waals surface area contributed by atoms with Crippen molar-refractivity contribution in [3.63, 3.8) is 0 Å². The summed E-state index contributed by atoms with van der Waals surface area (Å²) in [6.07, 6.45) is 0. The molecular formula is C15H14FNS2. The smallest absolute Gasteiger partial charge is 0.123 e. The van der Waals surface area contributed by atoms with Crippen molar-refractivity contribution < 1.29 is 4.39 Å². The van der Waals surface area contributed by atoms with Crippen LogP contribution in [-0.2, 0) is 11.5 Å². The molecule has 2 rings (SSSR count). The highest BCUT2D eigenvalue weighted by molar-refractivity contribution is 7.97. The molecule has 0 aliphatic carbocycles. The SMILES string of the molecule is NC(=S)c1cccc(CSCc2cccc(F)c2)c1. The Kier molecular flexibility index (Phi) is 4.93. The summed E-state index contributed by atoms with van der Waals surface area (Å²) in [4.78, 5) is 0.414. The van der Waals surface area contributed by atoms with Crippen LogP contribution in [0.5, 0.6) is 0 Å². The summed E-state index contributed by atoms with van der Waals surface area (Å²) in [5.74, 6) is 1.45. The molecule has 98 valence electrons. The quantitative estimate of drug-likeness (QED) is 0.846. The van der Waals surface area contributed by atoms with Gasteiger partial charge >= 0.3 is 0 Å². The molecule has 0 radical (unpaired) electrons. The second-order valence-electron chi connectivity index (χ2n) is 4.19. The van der Waals surface area contributed by atoms with Gasteiger partial charge in [-0.3, -0.25) is 0 Å². The Morgan fingerprint density at radius 3 is 2.32 bits per heavy atom. The number of rotatable bonds is 5. The zero-order valence-electron chi connectivity index (χ0n) is 10.3. The van der Waals surface area contributed by atoms with E-state index in [1.807, 2.05) is 30.3 Å². The Bertz CT molecular complexity index is 584. The topological polar surface area (TPSA) is 26.0 Å². The van der Waals surface area contributed by atoms with E-state index in [0.717, 1.165) is 22.6 Å². The summed E-state index contributed by atoms with van der Waals surface area (Å²) in [5, 5.41) is 0. The molecule has 2 N–H and O–H groups in total. The number of hydrogen-bond acceptors (Lipinski definition) is 2. The van der Waals surface area contributed by atoms with E-state index in [1.165, 1.54) is 11.6 Å². The molecule has 0 heterocycles. The molecule has 0 aromatic heterocycles. The fourth-order valence-corrected chi connectivity index (χ4v) is 2.79. The summed E-state index contributed by atoms with van der Waals surface area (Å²) in [6.45, 7) is 0. The highest BCUT2D eigenvalue weighted by Crippen LogP contribution is 2.19. The van der Waals surface area contributed by atoms with Crippen molar-refractivity contribution in [2.24, 2.45) is 5.73 Å². The van der Waals surface area contributed by atoms with E-state index in [-0.39, 0.29) is 5.82 Å². The van der Waals surface area contributed by atoms with Gasteiger partial charge in [-0.15, -0.1) is 0 Å². The molecule has 0 bridgehead atoms. The van der Waals surface area contributed by atoms with Gasteiger partial charge in [-0.05, 0) is 29.3 Å². The van der Waals surface area contributed by atoms with Gasteiger partial charge in [0.25, 0.3) is 0 Å². The van der Waals surface area contributed by atoms with Crippen LogP contribution in [0.4, 0.5) is 4.39 Å². The lowest BCUT2D eigenvalue weighted by molar-refractivity contribution is 0.626. The number of hydrogen-bond donors (Lipinski definition) is 1. The Hall–Kier alpha value is -1.39. The molecule has 4 heteroatoms. The third-order valence-electron chi connectivity index (χ3n) is 2.64. The molecule has 1 nitrogen and oxygen atoms in total. The van der Waals surface area contributed by atoms with Crippen LogP contribution in [-0.4, -0.2) is 4.99 Å². The lowest BCUT2D eigenvalue weighted by Gasteiger charge is -2.05. The normalized spacial score (nSPS) is 10.4. The molecule has 19 heavy (non-hydrogen) atoms. The summed E-state index contributed by atoms with van der Waals surface area (Å²) in [6, 6.07) is 14.6. The van der Waals surface area contributed by atoms with Crippen LogP contribution < -0.4 is 5.73 Å². The third kappa shape index (κ3) is 4.33. The average Bonchev–Trinajstić information content (AvgIpc) is 2.39. The van der Waals surface area contributed by atoms with E-state index in [2.05, 4.69) is 0 Å². The second kappa shape index (κ2) is 6.68. The predicted molar refractivity (Wildman–Crippen MR) is 83.7 cm³/mol. The van der Waals surface area contributed by atoms with Gasteiger partial charge in [0.05, 0.1) is 0 Å². The first kappa shape index (κ1) is 14.0. The number of thioether (sulfide) groups is 1. The first-order chi connectivity index (χ1) is 9.15. The molecule has 0 amide bonds. The molecule has 2 aromatic rings. The van der Waals surface area contributed by atoms with Crippen LogP contribution in [0.15, 0.2) is 48.5 Å². The standard InChI is InChI=1S/C15H14FNS2/c16-14-6-2-4-12(8-14)10-19-9-11-3-1-5-13(7-11)15(17)18/h1-8H,9-10H2,(H2,17,18). The number of benzene rings is 2. The minimum Gasteiger partial charge on any atom is -0.389 e. The van der Waals surface area contributed by atoms with Crippen molar-refractivity contribution in [3.8, 4) is 0 Å². The van der Waals surface area contributed by atoms with Crippen molar-refractivity contribution >= 4 is 29.0 Å². The first-order valence-electron chi connectivity index (χ1n) is 5.86. The van der Waals surface area contributed by atoms with Gasteiger partial charge < -0.3 is 5.73 Å². The minimum absolute atomic E-state index is 0.187. The average molecular weight is 291 g/mol. The van der Waals surface area contributed by atoms with Gasteiger partial charge in [-0.1, -0.05) is 42.5 Å². The van der Waals surface area contributed by atoms with Crippen molar-refractivity contribution in [3.05, 3.63) is 71.0 Å². The van der Waals surface area contributed by atoms with Gasteiger partial charge in [-0.2, -0.15) is 11.8 Å². The van der Waals surface area contributed by atoms with Crippen molar-refractivity contribution in [1.82, 2.24) is 0 Å². The van der Waals surface area contributed by atoms with E-state index in [4.69, 9.17) is 18.0 Å². The molecule has 0 aliphatic rings. The highest BCUT2D eigenvalue weighted by atomic mass is 32.2. The highest BCUT2D eigenvalue weighted by Gasteiger charge is 2.00. The Balaban J connectivity index is 1.92. The first-order valence-corrected chi connectivity index (χ1v) is 7.42. The minimum atomic E-state index is -0.187. The third-order valence-corrected chi connectivity index (χ3v) is 3.95. The Labute approximate surface area is 122 Å². The van der Waals surface area contributed by atoms with Crippen LogP contribution in [0.25, 0.3) is 0 Å². The Morgan fingerprint density at radius 2 is 1.68 bits per heavy atom. The zero-order valence-corrected chi connectivity index (χ0v) is 11.9. The van der Waals surface area contributed by atoms with Gasteiger partial charge in [0, 0.05) is 17.1 Å². The fourth-order valence-electron chi connectivity index (χ4n) is 1.73. The Morgan fingerprint density at radius 1 is 1.05 bits per heavy atom. The number of nitrogens with two attached hydrogens (primary N) is 1. The summed E-state index contributed by atoms with van der Waals surface area (Å²) in [7, 11) is 0. The van der Waals surface area contributed by atoms with Crippen molar-refractivity contribution in [2.75, 3.05) is 0 Å².